The summed E-state index contributed by atoms with van der Waals surface area (Å²) in [6.45, 7) is 3.57. The van der Waals surface area contributed by atoms with Crippen LogP contribution in [0.15, 0.2) is 24.3 Å². The molecule has 0 bridgehead atoms. The summed E-state index contributed by atoms with van der Waals surface area (Å²) in [5.74, 6) is 0.459. The molecule has 0 spiro atoms. The van der Waals surface area contributed by atoms with Crippen molar-refractivity contribution in [2.45, 2.75) is 6.92 Å². The first kappa shape index (κ1) is 13.3. The molecule has 0 aliphatic rings. The molecule has 5 heteroatoms. The fraction of sp³-hybridized carbons (Fsp3) is 0.417. The van der Waals surface area contributed by atoms with Crippen molar-refractivity contribution in [3.8, 4) is 5.75 Å². The Kier molecular flexibility index (Phi) is 5.88. The van der Waals surface area contributed by atoms with Gasteiger partial charge in [-0.3, -0.25) is 4.79 Å². The van der Waals surface area contributed by atoms with Crippen LogP contribution >= 0.6 is 0 Å². The molecule has 5 nitrogen and oxygen atoms in total. The minimum atomic E-state index is -0.165. The highest BCUT2D eigenvalue weighted by Gasteiger charge is 2.01. The average Bonchev–Trinajstić information content (AvgIpc) is 2.34. The monoisotopic (exact) mass is 238 g/mol. The maximum atomic E-state index is 11.3. The molecular formula is C12H18N2O3. The highest BCUT2D eigenvalue weighted by Crippen LogP contribution is 2.12. The van der Waals surface area contributed by atoms with Crippen LogP contribution in [0.5, 0.6) is 5.75 Å². The van der Waals surface area contributed by atoms with Gasteiger partial charge in [0.1, 0.15) is 5.75 Å². The van der Waals surface area contributed by atoms with E-state index in [0.29, 0.717) is 31.2 Å². The topological polar surface area (TPSA) is 73.6 Å². The van der Waals surface area contributed by atoms with Gasteiger partial charge in [0.05, 0.1) is 6.61 Å². The lowest BCUT2D eigenvalue weighted by Gasteiger charge is -2.07. The lowest BCUT2D eigenvalue weighted by Crippen LogP contribution is -2.31. The van der Waals surface area contributed by atoms with Crippen molar-refractivity contribution in [3.05, 3.63) is 24.3 Å². The number of carbonyl (C=O) groups excluding carboxylic acids is 1. The smallest absolute Gasteiger partial charge is 0.258 e. The second-order valence-electron chi connectivity index (χ2n) is 3.40. The second-order valence-corrected chi connectivity index (χ2v) is 3.40. The number of hydrogen-bond acceptors (Lipinski definition) is 4. The third-order valence-corrected chi connectivity index (χ3v) is 2.02. The summed E-state index contributed by atoms with van der Waals surface area (Å²) in [4.78, 5) is 11.3. The van der Waals surface area contributed by atoms with Gasteiger partial charge in [-0.15, -0.1) is 0 Å². The summed E-state index contributed by atoms with van der Waals surface area (Å²) in [6, 6.07) is 6.90. The Morgan fingerprint density at radius 3 is 2.71 bits per heavy atom. The van der Waals surface area contributed by atoms with Crippen LogP contribution in [0.3, 0.4) is 0 Å². The van der Waals surface area contributed by atoms with Gasteiger partial charge in [0.15, 0.2) is 6.61 Å². The summed E-state index contributed by atoms with van der Waals surface area (Å²) in [7, 11) is 0. The molecule has 1 aromatic rings. The fourth-order valence-corrected chi connectivity index (χ4v) is 1.17. The number of carbonyl (C=O) groups is 1. The van der Waals surface area contributed by atoms with Crippen LogP contribution in [0, 0.1) is 0 Å². The molecule has 1 aromatic carbocycles. The average molecular weight is 238 g/mol. The Labute approximate surface area is 101 Å². The lowest BCUT2D eigenvalue weighted by molar-refractivity contribution is -0.123. The van der Waals surface area contributed by atoms with Crippen LogP contribution in [-0.2, 0) is 9.53 Å². The van der Waals surface area contributed by atoms with Crippen LogP contribution in [0.25, 0.3) is 0 Å². The Bertz CT molecular complexity index is 338. The standard InChI is InChI=1S/C12H18N2O3/c1-2-16-8-7-14-12(15)9-17-11-5-3-10(13)4-6-11/h3-6H,2,7-9,13H2,1H3,(H,14,15). The van der Waals surface area contributed by atoms with Crippen molar-refractivity contribution in [1.29, 1.82) is 0 Å². The van der Waals surface area contributed by atoms with E-state index < -0.39 is 0 Å². The molecule has 0 aliphatic heterocycles. The van der Waals surface area contributed by atoms with Crippen LogP contribution in [0.4, 0.5) is 5.69 Å². The first-order valence-corrected chi connectivity index (χ1v) is 5.55. The minimum absolute atomic E-state index is 0.00393. The van der Waals surface area contributed by atoms with Gasteiger partial charge in [-0.25, -0.2) is 0 Å². The number of nitrogens with one attached hydrogen (secondary N) is 1. The molecule has 0 saturated heterocycles. The minimum Gasteiger partial charge on any atom is -0.484 e. The van der Waals surface area contributed by atoms with Crippen molar-refractivity contribution in [1.82, 2.24) is 5.32 Å². The van der Waals surface area contributed by atoms with Crippen LogP contribution < -0.4 is 15.8 Å². The van der Waals surface area contributed by atoms with Gasteiger partial charge in [-0.05, 0) is 31.2 Å². The maximum absolute atomic E-state index is 11.3. The third-order valence-electron chi connectivity index (χ3n) is 2.02. The molecule has 94 valence electrons. The van der Waals surface area contributed by atoms with Crippen LogP contribution in [0.1, 0.15) is 6.92 Å². The van der Waals surface area contributed by atoms with Crippen molar-refractivity contribution < 1.29 is 14.3 Å². The molecule has 0 saturated carbocycles. The van der Waals surface area contributed by atoms with E-state index in [1.807, 2.05) is 6.92 Å². The number of nitrogen functional groups attached to an aromatic ring is 1. The molecule has 0 unspecified atom stereocenters. The van der Waals surface area contributed by atoms with Gasteiger partial charge in [0, 0.05) is 18.8 Å². The van der Waals surface area contributed by atoms with Crippen molar-refractivity contribution >= 4 is 11.6 Å². The molecule has 0 heterocycles. The first-order chi connectivity index (χ1) is 8.22. The van der Waals surface area contributed by atoms with E-state index in [1.54, 1.807) is 24.3 Å². The van der Waals surface area contributed by atoms with Gasteiger partial charge in [0.2, 0.25) is 0 Å². The number of benzene rings is 1. The summed E-state index contributed by atoms with van der Waals surface area (Å²) >= 11 is 0. The molecule has 0 radical (unpaired) electrons. The van der Waals surface area contributed by atoms with Gasteiger partial charge in [-0.2, -0.15) is 0 Å². The zero-order valence-electron chi connectivity index (χ0n) is 9.94. The van der Waals surface area contributed by atoms with E-state index in [9.17, 15) is 4.79 Å². The highest BCUT2D eigenvalue weighted by atomic mass is 16.5. The Balaban J connectivity index is 2.17. The van der Waals surface area contributed by atoms with E-state index in [2.05, 4.69) is 5.32 Å². The fourth-order valence-electron chi connectivity index (χ4n) is 1.17. The first-order valence-electron chi connectivity index (χ1n) is 5.55. The van der Waals surface area contributed by atoms with E-state index in [-0.39, 0.29) is 12.5 Å². The Morgan fingerprint density at radius 1 is 1.35 bits per heavy atom. The number of hydrogen-bond donors (Lipinski definition) is 2. The van der Waals surface area contributed by atoms with Gasteiger partial charge >= 0.3 is 0 Å². The SMILES string of the molecule is CCOCCNC(=O)COc1ccc(N)cc1. The largest absolute Gasteiger partial charge is 0.484 e. The molecule has 1 amide bonds. The van der Waals surface area contributed by atoms with Crippen LogP contribution in [0.2, 0.25) is 0 Å². The predicted octanol–water partition coefficient (Wildman–Crippen LogP) is 0.800. The number of rotatable bonds is 7. The molecule has 1 rings (SSSR count). The second kappa shape index (κ2) is 7.51. The van der Waals surface area contributed by atoms with Gasteiger partial charge in [-0.1, -0.05) is 0 Å². The molecule has 0 fully saturated rings. The van der Waals surface area contributed by atoms with E-state index in [0.717, 1.165) is 0 Å². The number of nitrogens with two attached hydrogens (primary N) is 1. The van der Waals surface area contributed by atoms with Crippen molar-refractivity contribution in [2.24, 2.45) is 0 Å². The number of ether oxygens (including phenoxy) is 2. The van der Waals surface area contributed by atoms with Gasteiger partial charge < -0.3 is 20.5 Å². The number of anilines is 1. The third kappa shape index (κ3) is 5.77. The van der Waals surface area contributed by atoms with E-state index >= 15 is 0 Å². The Hall–Kier alpha value is -1.75. The predicted molar refractivity (Wildman–Crippen MR) is 65.9 cm³/mol. The van der Waals surface area contributed by atoms with Gasteiger partial charge in [0.25, 0.3) is 5.91 Å². The molecule has 0 atom stereocenters. The molecule has 0 aliphatic carbocycles. The molecule has 0 aromatic heterocycles. The summed E-state index contributed by atoms with van der Waals surface area (Å²) in [6.07, 6.45) is 0. The summed E-state index contributed by atoms with van der Waals surface area (Å²) in [5.41, 5.74) is 6.19. The summed E-state index contributed by atoms with van der Waals surface area (Å²) < 4.78 is 10.4. The molecular weight excluding hydrogens is 220 g/mol. The Morgan fingerprint density at radius 2 is 2.06 bits per heavy atom. The number of amides is 1. The zero-order chi connectivity index (χ0) is 12.5. The zero-order valence-corrected chi connectivity index (χ0v) is 9.94. The highest BCUT2D eigenvalue weighted by molar-refractivity contribution is 5.77. The van der Waals surface area contributed by atoms with E-state index in [1.165, 1.54) is 0 Å². The van der Waals surface area contributed by atoms with Crippen LogP contribution in [-0.4, -0.2) is 32.3 Å². The van der Waals surface area contributed by atoms with Crippen molar-refractivity contribution in [3.63, 3.8) is 0 Å². The molecule has 17 heavy (non-hydrogen) atoms. The van der Waals surface area contributed by atoms with Crippen molar-refractivity contribution in [2.75, 3.05) is 32.1 Å². The molecule has 3 N–H and O–H groups in total. The lowest BCUT2D eigenvalue weighted by atomic mass is 10.3. The maximum Gasteiger partial charge on any atom is 0.258 e. The normalized spacial score (nSPS) is 9.94. The van der Waals surface area contributed by atoms with E-state index in [4.69, 9.17) is 15.2 Å². The quantitative estimate of drug-likeness (QED) is 0.544. The summed E-state index contributed by atoms with van der Waals surface area (Å²) in [5, 5.41) is 2.69.